The molecule has 0 aromatic heterocycles. The molecule has 0 aliphatic heterocycles. The van der Waals surface area contributed by atoms with Crippen LogP contribution >= 0.6 is 0 Å². The molecule has 22 heavy (non-hydrogen) atoms. The van der Waals surface area contributed by atoms with Gasteiger partial charge in [-0.05, 0) is 11.8 Å². The van der Waals surface area contributed by atoms with Gasteiger partial charge in [0.1, 0.15) is 5.75 Å². The van der Waals surface area contributed by atoms with Gasteiger partial charge in [-0.15, -0.1) is 0 Å². The molecule has 3 heteroatoms. The maximum atomic E-state index is 6.00. The molecule has 0 atom stereocenters. The number of hydrogen-bond donors (Lipinski definition) is 0. The highest BCUT2D eigenvalue weighted by Gasteiger charge is 2.15. The van der Waals surface area contributed by atoms with Gasteiger partial charge in [0.15, 0.2) is 11.5 Å². The lowest BCUT2D eigenvalue weighted by atomic mass is 10.1. The van der Waals surface area contributed by atoms with E-state index in [1.54, 1.807) is 7.11 Å². The van der Waals surface area contributed by atoms with Crippen molar-refractivity contribution in [3.63, 3.8) is 0 Å². The molecule has 3 nitrogen and oxygen atoms in total. The third-order valence-corrected chi connectivity index (χ3v) is 3.28. The predicted octanol–water partition coefficient (Wildman–Crippen LogP) is 4.92. The minimum absolute atomic E-state index is 0.459. The minimum atomic E-state index is 0.459. The van der Waals surface area contributed by atoms with Crippen LogP contribution in [-0.4, -0.2) is 20.3 Å². The van der Waals surface area contributed by atoms with E-state index in [0.717, 1.165) is 28.0 Å². The Morgan fingerprint density at radius 3 is 2.00 bits per heavy atom. The van der Waals surface area contributed by atoms with E-state index in [9.17, 15) is 0 Å². The average molecular weight is 302 g/mol. The molecule has 0 aliphatic carbocycles. The molecule has 0 saturated carbocycles. The fourth-order valence-corrected chi connectivity index (χ4v) is 2.22. The highest BCUT2D eigenvalue weighted by molar-refractivity contribution is 5.95. The fraction of sp³-hybridized carbons (Fsp3) is 0.474. The van der Waals surface area contributed by atoms with Gasteiger partial charge < -0.3 is 14.2 Å². The third kappa shape index (κ3) is 3.85. The van der Waals surface area contributed by atoms with Crippen LogP contribution in [0.25, 0.3) is 10.8 Å². The summed E-state index contributed by atoms with van der Waals surface area (Å²) in [5.74, 6) is 3.29. The van der Waals surface area contributed by atoms with Gasteiger partial charge in [-0.3, -0.25) is 0 Å². The number of benzene rings is 2. The first-order valence-electron chi connectivity index (χ1n) is 7.88. The fourth-order valence-electron chi connectivity index (χ4n) is 2.22. The van der Waals surface area contributed by atoms with E-state index in [4.69, 9.17) is 14.2 Å². The lowest BCUT2D eigenvalue weighted by Crippen LogP contribution is -2.08. The molecule has 120 valence electrons. The SMILES string of the molecule is COc1cc(OCC(C)C)c2ccccc2c1OCC(C)C. The molecule has 0 amide bonds. The molecule has 0 spiro atoms. The van der Waals surface area contributed by atoms with Gasteiger partial charge in [0, 0.05) is 16.8 Å². The zero-order chi connectivity index (χ0) is 16.1. The number of ether oxygens (including phenoxy) is 3. The second-order valence-corrected chi connectivity index (χ2v) is 6.36. The zero-order valence-corrected chi connectivity index (χ0v) is 14.2. The Morgan fingerprint density at radius 2 is 1.41 bits per heavy atom. The Balaban J connectivity index is 2.48. The topological polar surface area (TPSA) is 27.7 Å². The van der Waals surface area contributed by atoms with Crippen molar-refractivity contribution < 1.29 is 14.2 Å². The highest BCUT2D eigenvalue weighted by atomic mass is 16.5. The van der Waals surface area contributed by atoms with Crippen LogP contribution in [0, 0.1) is 11.8 Å². The van der Waals surface area contributed by atoms with E-state index in [0.29, 0.717) is 25.0 Å². The standard InChI is InChI=1S/C19H26O3/c1-13(2)11-21-17-10-18(20-5)19(22-12-14(3)4)16-9-7-6-8-15(16)17/h6-10,13-14H,11-12H2,1-5H3. The van der Waals surface area contributed by atoms with Gasteiger partial charge in [0.05, 0.1) is 20.3 Å². The summed E-state index contributed by atoms with van der Waals surface area (Å²) >= 11 is 0. The molecular formula is C19H26O3. The van der Waals surface area contributed by atoms with Crippen LogP contribution < -0.4 is 14.2 Å². The molecular weight excluding hydrogens is 276 g/mol. The molecule has 2 aromatic rings. The minimum Gasteiger partial charge on any atom is -0.493 e. The second-order valence-electron chi connectivity index (χ2n) is 6.36. The van der Waals surface area contributed by atoms with E-state index in [1.165, 1.54) is 0 Å². The van der Waals surface area contributed by atoms with Crippen molar-refractivity contribution in [2.45, 2.75) is 27.7 Å². The van der Waals surface area contributed by atoms with Crippen molar-refractivity contribution in [1.29, 1.82) is 0 Å². The van der Waals surface area contributed by atoms with Gasteiger partial charge in [-0.2, -0.15) is 0 Å². The second kappa shape index (κ2) is 7.39. The Bertz CT molecular complexity index is 617. The summed E-state index contributed by atoms with van der Waals surface area (Å²) in [5.41, 5.74) is 0. The van der Waals surface area contributed by atoms with Crippen LogP contribution in [0.3, 0.4) is 0 Å². The van der Waals surface area contributed by atoms with Gasteiger partial charge in [-0.25, -0.2) is 0 Å². The summed E-state index contributed by atoms with van der Waals surface area (Å²) in [6, 6.07) is 10.1. The lowest BCUT2D eigenvalue weighted by Gasteiger charge is -2.18. The highest BCUT2D eigenvalue weighted by Crippen LogP contribution is 2.41. The van der Waals surface area contributed by atoms with Gasteiger partial charge in [0.25, 0.3) is 0 Å². The maximum Gasteiger partial charge on any atom is 0.169 e. The smallest absolute Gasteiger partial charge is 0.169 e. The van der Waals surface area contributed by atoms with E-state index >= 15 is 0 Å². The Morgan fingerprint density at radius 1 is 0.818 bits per heavy atom. The molecule has 0 fully saturated rings. The summed E-state index contributed by atoms with van der Waals surface area (Å²) in [7, 11) is 1.67. The van der Waals surface area contributed by atoms with Crippen LogP contribution in [-0.2, 0) is 0 Å². The van der Waals surface area contributed by atoms with Crippen LogP contribution in [0.2, 0.25) is 0 Å². The molecule has 0 saturated heterocycles. The van der Waals surface area contributed by atoms with Crippen LogP contribution in [0.5, 0.6) is 17.2 Å². The van der Waals surface area contributed by atoms with Crippen molar-refractivity contribution in [1.82, 2.24) is 0 Å². The lowest BCUT2D eigenvalue weighted by molar-refractivity contribution is 0.255. The summed E-state index contributed by atoms with van der Waals surface area (Å²) in [4.78, 5) is 0. The molecule has 0 unspecified atom stereocenters. The zero-order valence-electron chi connectivity index (χ0n) is 14.2. The quantitative estimate of drug-likeness (QED) is 0.726. The summed E-state index contributed by atoms with van der Waals surface area (Å²) in [6.07, 6.45) is 0. The van der Waals surface area contributed by atoms with E-state index < -0.39 is 0 Å². The molecule has 0 N–H and O–H groups in total. The first kappa shape index (κ1) is 16.5. The molecule has 0 heterocycles. The van der Waals surface area contributed by atoms with E-state index in [2.05, 4.69) is 39.8 Å². The van der Waals surface area contributed by atoms with E-state index in [1.807, 2.05) is 18.2 Å². The number of methoxy groups -OCH3 is 1. The van der Waals surface area contributed by atoms with Crippen molar-refractivity contribution in [3.05, 3.63) is 30.3 Å². The van der Waals surface area contributed by atoms with E-state index in [-0.39, 0.29) is 0 Å². The van der Waals surface area contributed by atoms with Gasteiger partial charge in [-0.1, -0.05) is 52.0 Å². The number of hydrogen-bond acceptors (Lipinski definition) is 3. The summed E-state index contributed by atoms with van der Waals surface area (Å²) in [6.45, 7) is 9.88. The third-order valence-electron chi connectivity index (χ3n) is 3.28. The van der Waals surface area contributed by atoms with Crippen molar-refractivity contribution >= 4 is 10.8 Å². The number of rotatable bonds is 7. The van der Waals surface area contributed by atoms with Crippen LogP contribution in [0.4, 0.5) is 0 Å². The summed E-state index contributed by atoms with van der Waals surface area (Å²) in [5, 5.41) is 2.09. The van der Waals surface area contributed by atoms with Crippen molar-refractivity contribution in [2.24, 2.45) is 11.8 Å². The molecule has 0 aliphatic rings. The summed E-state index contributed by atoms with van der Waals surface area (Å²) < 4.78 is 17.5. The van der Waals surface area contributed by atoms with Crippen molar-refractivity contribution in [3.8, 4) is 17.2 Å². The molecule has 0 radical (unpaired) electrons. The Hall–Kier alpha value is -1.90. The predicted molar refractivity (Wildman–Crippen MR) is 91.2 cm³/mol. The Labute approximate surface area is 133 Å². The van der Waals surface area contributed by atoms with Gasteiger partial charge in [0.2, 0.25) is 0 Å². The first-order chi connectivity index (χ1) is 10.5. The van der Waals surface area contributed by atoms with Crippen LogP contribution in [0.15, 0.2) is 30.3 Å². The molecule has 2 rings (SSSR count). The number of fused-ring (bicyclic) bond motifs is 1. The first-order valence-corrected chi connectivity index (χ1v) is 7.88. The normalized spacial score (nSPS) is 11.2. The monoisotopic (exact) mass is 302 g/mol. The molecule has 0 bridgehead atoms. The molecule has 2 aromatic carbocycles. The largest absolute Gasteiger partial charge is 0.493 e. The van der Waals surface area contributed by atoms with Crippen LogP contribution in [0.1, 0.15) is 27.7 Å². The Kier molecular flexibility index (Phi) is 5.53. The average Bonchev–Trinajstić information content (AvgIpc) is 2.50. The van der Waals surface area contributed by atoms with Gasteiger partial charge >= 0.3 is 0 Å². The maximum absolute atomic E-state index is 6.00. The van der Waals surface area contributed by atoms with Crippen molar-refractivity contribution in [2.75, 3.05) is 20.3 Å².